The number of fused-ring (bicyclic) bond motifs is 1. The molecule has 1 aliphatic rings. The molecule has 0 spiro atoms. The molecule has 0 bridgehead atoms. The van der Waals surface area contributed by atoms with Crippen molar-refractivity contribution >= 4 is 16.7 Å². The number of ether oxygens (including phenoxy) is 2. The van der Waals surface area contributed by atoms with Crippen molar-refractivity contribution in [3.63, 3.8) is 0 Å². The zero-order valence-corrected chi connectivity index (χ0v) is 16.8. The Morgan fingerprint density at radius 2 is 1.87 bits per heavy atom. The summed E-state index contributed by atoms with van der Waals surface area (Å²) in [6.45, 7) is 3.29. The number of H-pyrrole nitrogens is 1. The van der Waals surface area contributed by atoms with Crippen LogP contribution in [0.5, 0.6) is 5.75 Å². The van der Waals surface area contributed by atoms with E-state index >= 15 is 0 Å². The number of nitrogens with zero attached hydrogens (tertiary/aromatic N) is 2. The number of methoxy groups -OCH3 is 1. The van der Waals surface area contributed by atoms with Crippen LogP contribution in [-0.4, -0.2) is 61.0 Å². The number of morpholine rings is 1. The molecule has 3 aromatic rings. The van der Waals surface area contributed by atoms with Crippen LogP contribution >= 0.6 is 0 Å². The molecule has 2 N–H and O–H groups in total. The molecule has 1 aromatic heterocycles. The van der Waals surface area contributed by atoms with Gasteiger partial charge in [0.1, 0.15) is 5.75 Å². The largest absolute Gasteiger partial charge is 0.497 e. The molecule has 156 valence electrons. The number of aromatic amines is 1. The van der Waals surface area contributed by atoms with Gasteiger partial charge in [0.2, 0.25) is 0 Å². The molecule has 1 fully saturated rings. The Labute approximate surface area is 173 Å². The molecule has 0 aliphatic carbocycles. The molecule has 8 nitrogen and oxygen atoms in total. The van der Waals surface area contributed by atoms with Crippen LogP contribution in [0.15, 0.2) is 53.3 Å². The molecular weight excluding hydrogens is 384 g/mol. The van der Waals surface area contributed by atoms with Crippen molar-refractivity contribution in [1.82, 2.24) is 20.4 Å². The minimum Gasteiger partial charge on any atom is -0.497 e. The normalized spacial score (nSPS) is 15.6. The van der Waals surface area contributed by atoms with Crippen LogP contribution in [0.1, 0.15) is 22.1 Å². The topological polar surface area (TPSA) is 96.5 Å². The number of hydrogen-bond donors (Lipinski definition) is 2. The number of nitrogens with one attached hydrogen (secondary N) is 2. The molecule has 8 heteroatoms. The highest BCUT2D eigenvalue weighted by Crippen LogP contribution is 2.24. The lowest BCUT2D eigenvalue weighted by atomic mass is 10.0. The van der Waals surface area contributed by atoms with E-state index in [1.54, 1.807) is 31.4 Å². The lowest BCUT2D eigenvalue weighted by Gasteiger charge is -2.35. The summed E-state index contributed by atoms with van der Waals surface area (Å²) < 4.78 is 10.7. The predicted octanol–water partition coefficient (Wildman–Crippen LogP) is 1.73. The van der Waals surface area contributed by atoms with E-state index in [0.717, 1.165) is 24.4 Å². The highest BCUT2D eigenvalue weighted by Gasteiger charge is 2.24. The van der Waals surface area contributed by atoms with Gasteiger partial charge in [0.15, 0.2) is 5.69 Å². The number of aromatic nitrogens is 2. The molecule has 0 radical (unpaired) electrons. The zero-order valence-electron chi connectivity index (χ0n) is 16.8. The Bertz CT molecular complexity index is 1070. The van der Waals surface area contributed by atoms with E-state index in [0.29, 0.717) is 30.5 Å². The van der Waals surface area contributed by atoms with Crippen LogP contribution in [0.3, 0.4) is 0 Å². The van der Waals surface area contributed by atoms with Gasteiger partial charge in [-0.05, 0) is 23.8 Å². The van der Waals surface area contributed by atoms with Gasteiger partial charge in [0.05, 0.1) is 31.8 Å². The quantitative estimate of drug-likeness (QED) is 0.645. The van der Waals surface area contributed by atoms with Gasteiger partial charge in [-0.2, -0.15) is 5.10 Å². The molecular formula is C22H24N4O4. The van der Waals surface area contributed by atoms with Gasteiger partial charge >= 0.3 is 0 Å². The molecule has 30 heavy (non-hydrogen) atoms. The Balaban J connectivity index is 1.57. The number of hydrogen-bond acceptors (Lipinski definition) is 6. The van der Waals surface area contributed by atoms with Gasteiger partial charge in [0, 0.05) is 25.0 Å². The van der Waals surface area contributed by atoms with Crippen LogP contribution in [0, 0.1) is 0 Å². The van der Waals surface area contributed by atoms with Gasteiger partial charge < -0.3 is 14.8 Å². The summed E-state index contributed by atoms with van der Waals surface area (Å²) >= 11 is 0. The number of carbonyl (C=O) groups excluding carboxylic acids is 1. The molecule has 0 unspecified atom stereocenters. The van der Waals surface area contributed by atoms with Crippen LogP contribution < -0.4 is 15.6 Å². The maximum absolute atomic E-state index is 12.9. The van der Waals surface area contributed by atoms with E-state index in [1.807, 2.05) is 24.3 Å². The van der Waals surface area contributed by atoms with Crippen molar-refractivity contribution in [2.75, 3.05) is 40.0 Å². The first-order chi connectivity index (χ1) is 14.7. The van der Waals surface area contributed by atoms with E-state index in [4.69, 9.17) is 9.47 Å². The van der Waals surface area contributed by atoms with Crippen molar-refractivity contribution in [2.45, 2.75) is 6.04 Å². The monoisotopic (exact) mass is 408 g/mol. The number of rotatable bonds is 6. The summed E-state index contributed by atoms with van der Waals surface area (Å²) in [7, 11) is 1.64. The number of amides is 1. The van der Waals surface area contributed by atoms with Crippen LogP contribution in [0.25, 0.3) is 10.8 Å². The lowest BCUT2D eigenvalue weighted by Crippen LogP contribution is -2.44. The average Bonchev–Trinajstić information content (AvgIpc) is 2.80. The summed E-state index contributed by atoms with van der Waals surface area (Å²) in [5.41, 5.74) is 0.976. The molecule has 1 aliphatic heterocycles. The van der Waals surface area contributed by atoms with E-state index in [1.165, 1.54) is 0 Å². The maximum Gasteiger partial charge on any atom is 0.272 e. The van der Waals surface area contributed by atoms with Crippen LogP contribution in [0.4, 0.5) is 0 Å². The van der Waals surface area contributed by atoms with Gasteiger partial charge in [-0.1, -0.05) is 30.3 Å². The highest BCUT2D eigenvalue weighted by atomic mass is 16.5. The first-order valence-electron chi connectivity index (χ1n) is 9.89. The summed E-state index contributed by atoms with van der Waals surface area (Å²) in [4.78, 5) is 27.2. The van der Waals surface area contributed by atoms with Crippen molar-refractivity contribution < 1.29 is 14.3 Å². The fourth-order valence-electron chi connectivity index (χ4n) is 3.73. The smallest absolute Gasteiger partial charge is 0.272 e. The third-order valence-electron chi connectivity index (χ3n) is 5.35. The van der Waals surface area contributed by atoms with Gasteiger partial charge in [-0.25, -0.2) is 5.10 Å². The molecule has 2 aromatic carbocycles. The fourth-order valence-corrected chi connectivity index (χ4v) is 3.73. The van der Waals surface area contributed by atoms with Gasteiger partial charge in [0.25, 0.3) is 11.5 Å². The minimum absolute atomic E-state index is 0.0159. The molecule has 0 saturated carbocycles. The minimum atomic E-state index is -0.325. The first kappa shape index (κ1) is 20.1. The van der Waals surface area contributed by atoms with Crippen LogP contribution in [-0.2, 0) is 4.74 Å². The summed E-state index contributed by atoms with van der Waals surface area (Å²) in [5.74, 6) is 0.460. The summed E-state index contributed by atoms with van der Waals surface area (Å²) in [6, 6.07) is 14.8. The third-order valence-corrected chi connectivity index (χ3v) is 5.35. The Morgan fingerprint density at radius 1 is 1.17 bits per heavy atom. The second kappa shape index (κ2) is 9.06. The van der Waals surface area contributed by atoms with Crippen LogP contribution in [0.2, 0.25) is 0 Å². The zero-order chi connectivity index (χ0) is 20.9. The molecule has 2 heterocycles. The van der Waals surface area contributed by atoms with E-state index in [-0.39, 0.29) is 23.2 Å². The van der Waals surface area contributed by atoms with Crippen molar-refractivity contribution in [1.29, 1.82) is 0 Å². The summed E-state index contributed by atoms with van der Waals surface area (Å²) in [5, 5.41) is 10.4. The van der Waals surface area contributed by atoms with E-state index in [2.05, 4.69) is 20.4 Å². The second-order valence-corrected chi connectivity index (χ2v) is 7.09. The predicted molar refractivity (Wildman–Crippen MR) is 113 cm³/mol. The number of carbonyl (C=O) groups is 1. The van der Waals surface area contributed by atoms with Crippen molar-refractivity contribution in [3.05, 3.63) is 70.1 Å². The standard InChI is InChI=1S/C22H24N4O4/c1-29-16-8-6-15(7-9-16)19(26-10-12-30-13-11-26)14-23-22(28)20-17-4-2-3-5-18(17)21(27)25-24-20/h2-9,19H,10-14H2,1H3,(H,23,28)(H,25,27)/t19-/m1/s1. The van der Waals surface area contributed by atoms with E-state index < -0.39 is 0 Å². The average molecular weight is 408 g/mol. The Hall–Kier alpha value is -3.23. The highest BCUT2D eigenvalue weighted by molar-refractivity contribution is 6.04. The fraction of sp³-hybridized carbons (Fsp3) is 0.318. The number of benzene rings is 2. The summed E-state index contributed by atoms with van der Waals surface area (Å²) in [6.07, 6.45) is 0. The molecule has 4 rings (SSSR count). The Morgan fingerprint density at radius 3 is 2.57 bits per heavy atom. The maximum atomic E-state index is 12.9. The van der Waals surface area contributed by atoms with Crippen molar-refractivity contribution in [3.8, 4) is 5.75 Å². The second-order valence-electron chi connectivity index (χ2n) is 7.09. The van der Waals surface area contributed by atoms with Crippen molar-refractivity contribution in [2.24, 2.45) is 0 Å². The van der Waals surface area contributed by atoms with E-state index in [9.17, 15) is 9.59 Å². The molecule has 1 atom stereocenters. The molecule has 1 amide bonds. The molecule has 1 saturated heterocycles. The van der Waals surface area contributed by atoms with Gasteiger partial charge in [-0.15, -0.1) is 0 Å². The first-order valence-corrected chi connectivity index (χ1v) is 9.89. The third kappa shape index (κ3) is 4.19. The SMILES string of the molecule is COc1ccc([C@@H](CNC(=O)c2n[nH]c(=O)c3ccccc23)N2CCOCC2)cc1. The Kier molecular flexibility index (Phi) is 6.06. The lowest BCUT2D eigenvalue weighted by molar-refractivity contribution is 0.0162. The van der Waals surface area contributed by atoms with Gasteiger partial charge in [-0.3, -0.25) is 14.5 Å².